The Morgan fingerprint density at radius 1 is 0.508 bits per heavy atom. The maximum atomic E-state index is 7.46. The molecule has 2 N–H and O–H groups in total. The van der Waals surface area contributed by atoms with Crippen LogP contribution in [0.1, 0.15) is 12.5 Å². The molecule has 288 valence electrons. The first-order valence-corrected chi connectivity index (χ1v) is 21.0. The molecule has 11 aromatic rings. The second-order valence-electron chi connectivity index (χ2n) is 16.1. The fourth-order valence-electron chi connectivity index (χ4n) is 9.91. The SMILES string of the molecule is C[C@H]1C=CC=C/C1=C(/N=C(N)n1c2ccc(-c3ccc4c(c3)c3ccccc3n4-c3ccccc3)cc2c2c3c4ccccc4ccc3c3ccccc3c21)c1ccccc1. The summed E-state index contributed by atoms with van der Waals surface area (Å²) in [6.07, 6.45) is 8.58. The number of para-hydroxylation sites is 2. The van der Waals surface area contributed by atoms with Crippen LogP contribution in [0.4, 0.5) is 0 Å². The summed E-state index contributed by atoms with van der Waals surface area (Å²) < 4.78 is 4.58. The summed E-state index contributed by atoms with van der Waals surface area (Å²) in [5.74, 6) is 0.599. The zero-order valence-electron chi connectivity index (χ0n) is 33.6. The number of hydrogen-bond acceptors (Lipinski definition) is 1. The summed E-state index contributed by atoms with van der Waals surface area (Å²) in [6.45, 7) is 2.22. The molecule has 0 amide bonds. The smallest absolute Gasteiger partial charge is 0.205 e. The zero-order valence-corrected chi connectivity index (χ0v) is 33.6. The maximum Gasteiger partial charge on any atom is 0.205 e. The van der Waals surface area contributed by atoms with Crippen LogP contribution < -0.4 is 5.73 Å². The van der Waals surface area contributed by atoms with Crippen LogP contribution in [0, 0.1) is 5.92 Å². The number of nitrogens with zero attached hydrogens (tertiary/aromatic N) is 3. The van der Waals surface area contributed by atoms with E-state index in [4.69, 9.17) is 10.7 Å². The zero-order chi connectivity index (χ0) is 40.6. The van der Waals surface area contributed by atoms with Gasteiger partial charge in [-0.3, -0.25) is 4.57 Å². The molecular formula is C57H40N4. The van der Waals surface area contributed by atoms with Gasteiger partial charge in [-0.15, -0.1) is 0 Å². The van der Waals surface area contributed by atoms with E-state index in [-0.39, 0.29) is 5.92 Å². The highest BCUT2D eigenvalue weighted by atomic mass is 15.2. The molecule has 0 fully saturated rings. The Hall–Kier alpha value is -7.95. The Morgan fingerprint density at radius 3 is 1.93 bits per heavy atom. The van der Waals surface area contributed by atoms with E-state index in [1.54, 1.807) is 0 Å². The Labute approximate surface area is 353 Å². The quantitative estimate of drug-likeness (QED) is 0.108. The normalized spacial score (nSPS) is 15.4. The lowest BCUT2D eigenvalue weighted by Crippen LogP contribution is -2.22. The van der Waals surface area contributed by atoms with E-state index >= 15 is 0 Å². The molecule has 2 heterocycles. The van der Waals surface area contributed by atoms with Crippen molar-refractivity contribution in [3.8, 4) is 16.8 Å². The van der Waals surface area contributed by atoms with Gasteiger partial charge in [0.25, 0.3) is 0 Å². The Bertz CT molecular complexity index is 3710. The minimum Gasteiger partial charge on any atom is -0.369 e. The van der Waals surface area contributed by atoms with Crippen LogP contribution >= 0.6 is 0 Å². The summed E-state index contributed by atoms with van der Waals surface area (Å²) >= 11 is 0. The van der Waals surface area contributed by atoms with Crippen molar-refractivity contribution in [2.24, 2.45) is 16.6 Å². The third kappa shape index (κ3) is 5.42. The molecule has 0 bridgehead atoms. The Morgan fingerprint density at radius 2 is 1.15 bits per heavy atom. The van der Waals surface area contributed by atoms with Crippen molar-refractivity contribution in [2.45, 2.75) is 6.92 Å². The van der Waals surface area contributed by atoms with Crippen LogP contribution in [-0.2, 0) is 0 Å². The van der Waals surface area contributed by atoms with E-state index in [9.17, 15) is 0 Å². The molecule has 1 atom stereocenters. The van der Waals surface area contributed by atoms with Gasteiger partial charge in [-0.1, -0.05) is 171 Å². The predicted molar refractivity (Wildman–Crippen MR) is 260 cm³/mol. The molecule has 0 spiro atoms. The van der Waals surface area contributed by atoms with Crippen LogP contribution in [0.15, 0.2) is 217 Å². The van der Waals surface area contributed by atoms with Crippen LogP contribution in [-0.4, -0.2) is 15.1 Å². The Balaban J connectivity index is 1.18. The number of rotatable bonds is 4. The molecule has 0 radical (unpaired) electrons. The summed E-state index contributed by atoms with van der Waals surface area (Å²) in [5.41, 5.74) is 18.4. The van der Waals surface area contributed by atoms with Crippen molar-refractivity contribution in [1.82, 2.24) is 9.13 Å². The number of nitrogens with two attached hydrogens (primary N) is 1. The molecule has 2 aromatic heterocycles. The molecule has 1 aliphatic carbocycles. The summed E-state index contributed by atoms with van der Waals surface area (Å²) in [4.78, 5) is 5.43. The van der Waals surface area contributed by atoms with E-state index in [2.05, 4.69) is 216 Å². The number of benzene rings is 9. The summed E-state index contributed by atoms with van der Waals surface area (Å²) in [5, 5.41) is 11.9. The van der Waals surface area contributed by atoms with Crippen LogP contribution in [0.5, 0.6) is 0 Å². The van der Waals surface area contributed by atoms with Gasteiger partial charge in [-0.2, -0.15) is 0 Å². The lowest BCUT2D eigenvalue weighted by Gasteiger charge is -2.17. The largest absolute Gasteiger partial charge is 0.369 e. The molecule has 12 rings (SSSR count). The van der Waals surface area contributed by atoms with Crippen molar-refractivity contribution in [1.29, 1.82) is 0 Å². The second kappa shape index (κ2) is 13.8. The van der Waals surface area contributed by atoms with Gasteiger partial charge in [-0.25, -0.2) is 4.99 Å². The summed E-state index contributed by atoms with van der Waals surface area (Å²) in [6, 6.07) is 65.6. The van der Waals surface area contributed by atoms with Gasteiger partial charge >= 0.3 is 0 Å². The molecule has 61 heavy (non-hydrogen) atoms. The highest BCUT2D eigenvalue weighted by Crippen LogP contribution is 2.45. The third-order valence-electron chi connectivity index (χ3n) is 12.7. The van der Waals surface area contributed by atoms with Crippen molar-refractivity contribution in [3.63, 3.8) is 0 Å². The molecule has 0 aliphatic heterocycles. The number of fused-ring (bicyclic) bond motifs is 13. The average Bonchev–Trinajstić information content (AvgIpc) is 3.84. The monoisotopic (exact) mass is 780 g/mol. The number of allylic oxidation sites excluding steroid dienone is 5. The molecule has 4 nitrogen and oxygen atoms in total. The first-order chi connectivity index (χ1) is 30.1. The van der Waals surface area contributed by atoms with E-state index in [0.717, 1.165) is 55.5 Å². The minimum absolute atomic E-state index is 0.174. The van der Waals surface area contributed by atoms with Gasteiger partial charge in [0.2, 0.25) is 5.96 Å². The molecular weight excluding hydrogens is 741 g/mol. The second-order valence-corrected chi connectivity index (χ2v) is 16.1. The van der Waals surface area contributed by atoms with Gasteiger partial charge in [0.05, 0.1) is 27.8 Å². The van der Waals surface area contributed by atoms with Gasteiger partial charge in [-0.05, 0) is 80.7 Å². The fourth-order valence-corrected chi connectivity index (χ4v) is 9.91. The van der Waals surface area contributed by atoms with Gasteiger partial charge in [0.15, 0.2) is 0 Å². The lowest BCUT2D eigenvalue weighted by molar-refractivity contribution is 0.883. The van der Waals surface area contributed by atoms with Gasteiger partial charge in [0, 0.05) is 49.5 Å². The van der Waals surface area contributed by atoms with E-state index in [1.807, 2.05) is 6.07 Å². The average molecular weight is 781 g/mol. The topological polar surface area (TPSA) is 48.2 Å². The van der Waals surface area contributed by atoms with Crippen LogP contribution in [0.25, 0.3) is 98.4 Å². The summed E-state index contributed by atoms with van der Waals surface area (Å²) in [7, 11) is 0. The van der Waals surface area contributed by atoms with Gasteiger partial charge < -0.3 is 10.3 Å². The molecule has 0 saturated heterocycles. The third-order valence-corrected chi connectivity index (χ3v) is 12.7. The Kier molecular flexibility index (Phi) is 7.94. The number of hydrogen-bond donors (Lipinski definition) is 1. The molecule has 0 saturated carbocycles. The van der Waals surface area contributed by atoms with Crippen molar-refractivity contribution >= 4 is 87.6 Å². The first kappa shape index (κ1) is 35.0. The highest BCUT2D eigenvalue weighted by Gasteiger charge is 2.23. The van der Waals surface area contributed by atoms with Crippen LogP contribution in [0.3, 0.4) is 0 Å². The fraction of sp³-hybridized carbons (Fsp3) is 0.0351. The van der Waals surface area contributed by atoms with E-state index < -0.39 is 0 Å². The van der Waals surface area contributed by atoms with Crippen LogP contribution in [0.2, 0.25) is 0 Å². The molecule has 1 aliphatic rings. The lowest BCUT2D eigenvalue weighted by atomic mass is 9.92. The first-order valence-electron chi connectivity index (χ1n) is 21.0. The number of aliphatic imine (C=N–C) groups is 1. The van der Waals surface area contributed by atoms with Crippen molar-refractivity contribution in [3.05, 3.63) is 217 Å². The molecule has 0 unspecified atom stereocenters. The molecule has 4 heteroatoms. The predicted octanol–water partition coefficient (Wildman–Crippen LogP) is 14.4. The molecule has 9 aromatic carbocycles. The van der Waals surface area contributed by atoms with Crippen molar-refractivity contribution in [2.75, 3.05) is 0 Å². The maximum absolute atomic E-state index is 7.46. The van der Waals surface area contributed by atoms with Gasteiger partial charge in [0.1, 0.15) is 0 Å². The standard InChI is InChI=1S/C57H40N4/c1-36-16-8-10-22-42(36)55(38-18-4-2-5-19-38)59-57(58)61-52-33-30-40(39-29-32-51-48(34-39)45-25-14-15-27-50(45)60(51)41-20-6-3-7-21-41)35-49(52)54-53-43-23-11-9-17-37(43)28-31-46(53)44-24-12-13-26-47(44)56(54)61/h2-36H,1H3,(H2,58,59)/b55-42-/t36-/m0/s1. The number of aromatic nitrogens is 2. The van der Waals surface area contributed by atoms with E-state index in [1.165, 1.54) is 54.1 Å². The van der Waals surface area contributed by atoms with E-state index in [0.29, 0.717) is 5.96 Å². The van der Waals surface area contributed by atoms with Crippen molar-refractivity contribution < 1.29 is 0 Å². The highest BCUT2D eigenvalue weighted by molar-refractivity contribution is 6.38. The minimum atomic E-state index is 0.174.